The van der Waals surface area contributed by atoms with E-state index in [4.69, 9.17) is 0 Å². The highest BCUT2D eigenvalue weighted by molar-refractivity contribution is 5.88. The molecule has 0 saturated carbocycles. The number of nitrogens with one attached hydrogen (secondary N) is 1. The molecule has 2 heterocycles. The number of amides is 2. The van der Waals surface area contributed by atoms with E-state index in [-0.39, 0.29) is 18.2 Å². The van der Waals surface area contributed by atoms with Gasteiger partial charge in [0.05, 0.1) is 24.7 Å². The van der Waals surface area contributed by atoms with Crippen molar-refractivity contribution in [3.8, 4) is 0 Å². The highest BCUT2D eigenvalue weighted by Crippen LogP contribution is 2.13. The molecule has 1 aromatic heterocycles. The average Bonchev–Trinajstić information content (AvgIpc) is 2.70. The molecule has 1 aliphatic heterocycles. The summed E-state index contributed by atoms with van der Waals surface area (Å²) >= 11 is 0. The van der Waals surface area contributed by atoms with E-state index in [9.17, 15) is 9.59 Å². The Labute approximate surface area is 159 Å². The smallest absolute Gasteiger partial charge is 0.237 e. The van der Waals surface area contributed by atoms with Crippen LogP contribution < -0.4 is 5.32 Å². The third-order valence-electron chi connectivity index (χ3n) is 4.81. The molecule has 0 spiro atoms. The maximum Gasteiger partial charge on any atom is 0.237 e. The van der Waals surface area contributed by atoms with Crippen molar-refractivity contribution in [2.75, 3.05) is 26.7 Å². The van der Waals surface area contributed by atoms with Gasteiger partial charge in [-0.15, -0.1) is 0 Å². The molecule has 0 aliphatic carbocycles. The monoisotopic (exact) mass is 367 g/mol. The molecule has 3 rings (SSSR count). The van der Waals surface area contributed by atoms with Crippen LogP contribution in [0.15, 0.2) is 48.9 Å². The molecule has 1 N–H and O–H groups in total. The highest BCUT2D eigenvalue weighted by Gasteiger charge is 2.32. The molecule has 7 heteroatoms. The predicted octanol–water partition coefficient (Wildman–Crippen LogP) is 0.868. The normalized spacial score (nSPS) is 17.4. The Hall–Kier alpha value is -2.80. The van der Waals surface area contributed by atoms with Crippen molar-refractivity contribution >= 4 is 11.8 Å². The van der Waals surface area contributed by atoms with Gasteiger partial charge >= 0.3 is 0 Å². The summed E-state index contributed by atoms with van der Waals surface area (Å²) in [5, 5.41) is 2.88. The molecule has 1 saturated heterocycles. The van der Waals surface area contributed by atoms with Crippen molar-refractivity contribution in [1.29, 1.82) is 0 Å². The van der Waals surface area contributed by atoms with Crippen LogP contribution in [0.3, 0.4) is 0 Å². The first-order chi connectivity index (χ1) is 13.1. The fourth-order valence-electron chi connectivity index (χ4n) is 3.23. The second-order valence-corrected chi connectivity index (χ2v) is 6.73. The van der Waals surface area contributed by atoms with Gasteiger partial charge in [-0.3, -0.25) is 14.5 Å². The van der Waals surface area contributed by atoms with Gasteiger partial charge in [-0.1, -0.05) is 30.3 Å². The van der Waals surface area contributed by atoms with Crippen LogP contribution in [0.1, 0.15) is 17.7 Å². The number of piperazine rings is 1. The second kappa shape index (κ2) is 9.23. The molecule has 2 amide bonds. The minimum Gasteiger partial charge on any atom is -0.353 e. The maximum absolute atomic E-state index is 12.7. The fourth-order valence-corrected chi connectivity index (χ4v) is 3.23. The lowest BCUT2D eigenvalue weighted by atomic mass is 10.1. The Kier molecular flexibility index (Phi) is 6.49. The molecule has 1 unspecified atom stereocenters. The van der Waals surface area contributed by atoms with Crippen molar-refractivity contribution in [3.63, 3.8) is 0 Å². The largest absolute Gasteiger partial charge is 0.353 e. The first-order valence-electron chi connectivity index (χ1n) is 9.18. The van der Waals surface area contributed by atoms with Gasteiger partial charge in [-0.05, 0) is 18.1 Å². The van der Waals surface area contributed by atoms with E-state index in [2.05, 4.69) is 32.3 Å². The molecule has 1 aliphatic rings. The Morgan fingerprint density at radius 1 is 1.30 bits per heavy atom. The summed E-state index contributed by atoms with van der Waals surface area (Å²) in [6, 6.07) is 11.5. The summed E-state index contributed by atoms with van der Waals surface area (Å²) in [4.78, 5) is 36.8. The Morgan fingerprint density at radius 2 is 2.11 bits per heavy atom. The summed E-state index contributed by atoms with van der Waals surface area (Å²) in [6.45, 7) is 2.53. The Balaban J connectivity index is 1.59. The summed E-state index contributed by atoms with van der Waals surface area (Å²) < 4.78 is 0. The molecule has 7 nitrogen and oxygen atoms in total. The number of rotatable bonds is 7. The van der Waals surface area contributed by atoms with Crippen LogP contribution in [-0.4, -0.2) is 64.3 Å². The fraction of sp³-hybridized carbons (Fsp3) is 0.400. The molecule has 0 radical (unpaired) electrons. The van der Waals surface area contributed by atoms with Crippen molar-refractivity contribution in [1.82, 2.24) is 25.1 Å². The van der Waals surface area contributed by atoms with Crippen LogP contribution in [0.25, 0.3) is 0 Å². The second-order valence-electron chi connectivity index (χ2n) is 6.73. The van der Waals surface area contributed by atoms with Crippen LogP contribution in [0.5, 0.6) is 0 Å². The van der Waals surface area contributed by atoms with Crippen LogP contribution in [0.4, 0.5) is 0 Å². The van der Waals surface area contributed by atoms with E-state index in [1.54, 1.807) is 24.2 Å². The van der Waals surface area contributed by atoms with E-state index in [0.717, 1.165) is 25.2 Å². The number of benzene rings is 1. The topological polar surface area (TPSA) is 78.4 Å². The minimum atomic E-state index is -0.428. The van der Waals surface area contributed by atoms with E-state index < -0.39 is 6.04 Å². The zero-order valence-electron chi connectivity index (χ0n) is 15.5. The predicted molar refractivity (Wildman–Crippen MR) is 102 cm³/mol. The molecular weight excluding hydrogens is 342 g/mol. The molecule has 1 aromatic carbocycles. The summed E-state index contributed by atoms with van der Waals surface area (Å²) in [6.07, 6.45) is 4.14. The molecule has 0 bridgehead atoms. The van der Waals surface area contributed by atoms with Crippen molar-refractivity contribution in [2.24, 2.45) is 0 Å². The van der Waals surface area contributed by atoms with Crippen LogP contribution in [-0.2, 0) is 22.6 Å². The number of carbonyl (C=O) groups excluding carboxylic acids is 2. The van der Waals surface area contributed by atoms with Gasteiger partial charge in [-0.25, -0.2) is 9.97 Å². The van der Waals surface area contributed by atoms with Crippen LogP contribution in [0.2, 0.25) is 0 Å². The van der Waals surface area contributed by atoms with Crippen molar-refractivity contribution in [3.05, 3.63) is 60.2 Å². The van der Waals surface area contributed by atoms with E-state index >= 15 is 0 Å². The van der Waals surface area contributed by atoms with Crippen LogP contribution >= 0.6 is 0 Å². The van der Waals surface area contributed by atoms with Gasteiger partial charge in [0.2, 0.25) is 11.8 Å². The number of hydrogen-bond acceptors (Lipinski definition) is 5. The third-order valence-corrected chi connectivity index (χ3v) is 4.81. The molecule has 1 fully saturated rings. The third kappa shape index (κ3) is 5.34. The number of hydrogen-bond donors (Lipinski definition) is 1. The van der Waals surface area contributed by atoms with Gasteiger partial charge in [0.1, 0.15) is 6.33 Å². The van der Waals surface area contributed by atoms with E-state index in [1.165, 1.54) is 11.9 Å². The standard InChI is InChI=1S/C20H25N5O2/c1-24(14-17-7-9-21-15-23-17)19(26)13-18-20(27)22-10-12-25(18)11-8-16-5-3-2-4-6-16/h2-7,9,15,18H,8,10-14H2,1H3,(H,22,27). The van der Waals surface area contributed by atoms with E-state index in [1.807, 2.05) is 18.2 Å². The lowest BCUT2D eigenvalue weighted by Crippen LogP contribution is -2.56. The highest BCUT2D eigenvalue weighted by atomic mass is 16.2. The van der Waals surface area contributed by atoms with Gasteiger partial charge in [0.15, 0.2) is 0 Å². The van der Waals surface area contributed by atoms with Crippen LogP contribution in [0, 0.1) is 0 Å². The first kappa shape index (κ1) is 19.0. The van der Waals surface area contributed by atoms with E-state index in [0.29, 0.717) is 13.1 Å². The maximum atomic E-state index is 12.7. The molecular formula is C20H25N5O2. The molecule has 1 atom stereocenters. The Morgan fingerprint density at radius 3 is 2.85 bits per heavy atom. The average molecular weight is 367 g/mol. The molecule has 2 aromatic rings. The van der Waals surface area contributed by atoms with Gasteiger partial charge in [-0.2, -0.15) is 0 Å². The molecule has 27 heavy (non-hydrogen) atoms. The quantitative estimate of drug-likeness (QED) is 0.786. The van der Waals surface area contributed by atoms with Gasteiger partial charge in [0.25, 0.3) is 0 Å². The summed E-state index contributed by atoms with van der Waals surface area (Å²) in [7, 11) is 1.74. The van der Waals surface area contributed by atoms with Crippen molar-refractivity contribution in [2.45, 2.75) is 25.4 Å². The molecule has 142 valence electrons. The number of aromatic nitrogens is 2. The lowest BCUT2D eigenvalue weighted by Gasteiger charge is -2.35. The summed E-state index contributed by atoms with van der Waals surface area (Å²) in [5.41, 5.74) is 2.00. The zero-order chi connectivity index (χ0) is 19.1. The first-order valence-corrected chi connectivity index (χ1v) is 9.18. The SMILES string of the molecule is CN(Cc1ccncn1)C(=O)CC1C(=O)NCCN1CCc1ccccc1. The number of nitrogens with zero attached hydrogens (tertiary/aromatic N) is 4. The van der Waals surface area contributed by atoms with Crippen molar-refractivity contribution < 1.29 is 9.59 Å². The summed E-state index contributed by atoms with van der Waals surface area (Å²) in [5.74, 6) is -0.140. The minimum absolute atomic E-state index is 0.0691. The zero-order valence-corrected chi connectivity index (χ0v) is 15.5. The lowest BCUT2D eigenvalue weighted by molar-refractivity contribution is -0.138. The number of carbonyl (C=O) groups is 2. The Bertz CT molecular complexity index is 753. The van der Waals surface area contributed by atoms with Gasteiger partial charge in [0, 0.05) is 32.9 Å². The van der Waals surface area contributed by atoms with Gasteiger partial charge < -0.3 is 10.2 Å².